The average Bonchev–Trinajstić information content (AvgIpc) is 2.82. The van der Waals surface area contributed by atoms with Gasteiger partial charge < -0.3 is 15.0 Å². The van der Waals surface area contributed by atoms with Gasteiger partial charge in [-0.05, 0) is 42.8 Å². The molecule has 0 unspecified atom stereocenters. The van der Waals surface area contributed by atoms with E-state index in [9.17, 15) is 14.9 Å². The number of hydrogen-bond donors (Lipinski definition) is 1. The molecule has 0 bridgehead atoms. The molecule has 0 atom stereocenters. The third-order valence-electron chi connectivity index (χ3n) is 5.08. The third-order valence-corrected chi connectivity index (χ3v) is 5.08. The Morgan fingerprint density at radius 1 is 1.00 bits per heavy atom. The Balaban J connectivity index is 1.72. The lowest BCUT2D eigenvalue weighted by Crippen LogP contribution is -2.28. The van der Waals surface area contributed by atoms with Gasteiger partial charge in [0.15, 0.2) is 0 Å². The molecular formula is C26H25N3O3. The number of ether oxygens (including phenoxy) is 1. The van der Waals surface area contributed by atoms with E-state index in [0.717, 1.165) is 11.1 Å². The third kappa shape index (κ3) is 5.73. The molecule has 6 nitrogen and oxygen atoms in total. The number of carbonyl (C=O) groups is 2. The molecule has 32 heavy (non-hydrogen) atoms. The van der Waals surface area contributed by atoms with Crippen molar-refractivity contribution in [2.75, 3.05) is 11.9 Å². The summed E-state index contributed by atoms with van der Waals surface area (Å²) in [6.07, 6.45) is 0. The first-order valence-corrected chi connectivity index (χ1v) is 10.4. The molecule has 0 radical (unpaired) electrons. The van der Waals surface area contributed by atoms with Crippen LogP contribution in [0.25, 0.3) is 0 Å². The highest BCUT2D eigenvalue weighted by molar-refractivity contribution is 6.04. The molecule has 3 aromatic rings. The lowest BCUT2D eigenvalue weighted by Gasteiger charge is -2.21. The number of nitriles is 1. The highest BCUT2D eigenvalue weighted by Crippen LogP contribution is 2.21. The van der Waals surface area contributed by atoms with Crippen LogP contribution in [0, 0.1) is 11.3 Å². The molecule has 0 aliphatic carbocycles. The molecule has 3 aromatic carbocycles. The second-order valence-electron chi connectivity index (χ2n) is 7.23. The summed E-state index contributed by atoms with van der Waals surface area (Å²) in [5.41, 5.74) is 3.31. The van der Waals surface area contributed by atoms with E-state index in [-0.39, 0.29) is 18.4 Å². The van der Waals surface area contributed by atoms with Gasteiger partial charge in [0.05, 0.1) is 11.6 Å². The summed E-state index contributed by atoms with van der Waals surface area (Å²) in [5.74, 6) is 0.245. The summed E-state index contributed by atoms with van der Waals surface area (Å²) >= 11 is 0. The van der Waals surface area contributed by atoms with Crippen molar-refractivity contribution in [2.45, 2.75) is 27.0 Å². The molecule has 162 valence electrons. The van der Waals surface area contributed by atoms with Crippen LogP contribution in [-0.2, 0) is 17.9 Å². The van der Waals surface area contributed by atoms with Crippen molar-refractivity contribution in [1.82, 2.24) is 4.90 Å². The fourth-order valence-corrected chi connectivity index (χ4v) is 3.27. The maximum absolute atomic E-state index is 12.9. The summed E-state index contributed by atoms with van der Waals surface area (Å²) in [4.78, 5) is 26.4. The normalized spacial score (nSPS) is 10.2. The summed E-state index contributed by atoms with van der Waals surface area (Å²) in [6, 6.07) is 23.7. The molecule has 0 spiro atoms. The number of benzene rings is 3. The summed E-state index contributed by atoms with van der Waals surface area (Å²) in [5, 5.41) is 12.2. The number of carbonyl (C=O) groups excluding carboxylic acids is 2. The van der Waals surface area contributed by atoms with Crippen molar-refractivity contribution >= 4 is 17.5 Å². The van der Waals surface area contributed by atoms with Crippen LogP contribution < -0.4 is 10.1 Å². The molecule has 1 N–H and O–H groups in total. The van der Waals surface area contributed by atoms with Crippen molar-refractivity contribution in [2.24, 2.45) is 0 Å². The molecular weight excluding hydrogens is 402 g/mol. The average molecular weight is 428 g/mol. The Hall–Kier alpha value is -4.11. The van der Waals surface area contributed by atoms with Gasteiger partial charge in [-0.25, -0.2) is 0 Å². The molecule has 6 heteroatoms. The second-order valence-corrected chi connectivity index (χ2v) is 7.23. The Kier molecular flexibility index (Phi) is 7.60. The van der Waals surface area contributed by atoms with Gasteiger partial charge >= 0.3 is 0 Å². The zero-order chi connectivity index (χ0) is 22.9. The smallest absolute Gasteiger partial charge is 0.255 e. The van der Waals surface area contributed by atoms with E-state index in [4.69, 9.17) is 4.74 Å². The largest absolute Gasteiger partial charge is 0.489 e. The number of hydrogen-bond acceptors (Lipinski definition) is 4. The van der Waals surface area contributed by atoms with Gasteiger partial charge in [-0.2, -0.15) is 5.26 Å². The number of amides is 2. The molecule has 2 amide bonds. The van der Waals surface area contributed by atoms with Crippen LogP contribution in [0.2, 0.25) is 0 Å². The SMILES string of the molecule is CCN(Cc1ccccc1NC(=O)c1cccc(OCc2ccccc2C#N)c1)C(C)=O. The van der Waals surface area contributed by atoms with Crippen LogP contribution in [-0.4, -0.2) is 23.3 Å². The fraction of sp³-hybridized carbons (Fsp3) is 0.192. The Morgan fingerprint density at radius 3 is 2.44 bits per heavy atom. The minimum atomic E-state index is -0.272. The predicted molar refractivity (Wildman–Crippen MR) is 123 cm³/mol. The maximum Gasteiger partial charge on any atom is 0.255 e. The molecule has 0 aromatic heterocycles. The minimum Gasteiger partial charge on any atom is -0.489 e. The van der Waals surface area contributed by atoms with E-state index >= 15 is 0 Å². The second kappa shape index (κ2) is 10.8. The van der Waals surface area contributed by atoms with Gasteiger partial charge in [-0.3, -0.25) is 9.59 Å². The molecule has 0 fully saturated rings. The number of para-hydroxylation sites is 1. The van der Waals surface area contributed by atoms with Crippen LogP contribution >= 0.6 is 0 Å². The number of anilines is 1. The lowest BCUT2D eigenvalue weighted by atomic mass is 10.1. The minimum absolute atomic E-state index is 0.0172. The van der Waals surface area contributed by atoms with E-state index in [2.05, 4.69) is 11.4 Å². The van der Waals surface area contributed by atoms with Crippen molar-refractivity contribution < 1.29 is 14.3 Å². The standard InChI is InChI=1S/C26H25N3O3/c1-3-29(19(2)30)17-22-10-6-7-14-25(22)28-26(31)20-12-8-13-24(15-20)32-18-23-11-5-4-9-21(23)16-27/h4-15H,3,17-18H2,1-2H3,(H,28,31). The van der Waals surface area contributed by atoms with Gasteiger partial charge in [-0.1, -0.05) is 42.5 Å². The number of nitrogens with zero attached hydrogens (tertiary/aromatic N) is 2. The van der Waals surface area contributed by atoms with Gasteiger partial charge in [0, 0.05) is 36.8 Å². The van der Waals surface area contributed by atoms with Gasteiger partial charge in [0.2, 0.25) is 5.91 Å². The van der Waals surface area contributed by atoms with Gasteiger partial charge in [-0.15, -0.1) is 0 Å². The fourth-order valence-electron chi connectivity index (χ4n) is 3.27. The molecule has 0 saturated heterocycles. The van der Waals surface area contributed by atoms with Crippen LogP contribution in [0.5, 0.6) is 5.75 Å². The van der Waals surface area contributed by atoms with E-state index in [1.807, 2.05) is 43.3 Å². The molecule has 0 aliphatic heterocycles. The first kappa shape index (κ1) is 22.6. The highest BCUT2D eigenvalue weighted by Gasteiger charge is 2.13. The van der Waals surface area contributed by atoms with Crippen molar-refractivity contribution in [3.8, 4) is 11.8 Å². The van der Waals surface area contributed by atoms with Gasteiger partial charge in [0.1, 0.15) is 12.4 Å². The van der Waals surface area contributed by atoms with E-state index in [1.165, 1.54) is 6.92 Å². The van der Waals surface area contributed by atoms with E-state index in [1.54, 1.807) is 41.3 Å². The maximum atomic E-state index is 12.9. The first-order chi connectivity index (χ1) is 15.5. The number of rotatable bonds is 8. The molecule has 0 heterocycles. The zero-order valence-electron chi connectivity index (χ0n) is 18.2. The monoisotopic (exact) mass is 427 g/mol. The summed E-state index contributed by atoms with van der Waals surface area (Å²) in [6.45, 7) is 4.69. The Morgan fingerprint density at radius 2 is 1.72 bits per heavy atom. The molecule has 0 aliphatic rings. The Bertz CT molecular complexity index is 1150. The lowest BCUT2D eigenvalue weighted by molar-refractivity contribution is -0.129. The summed E-state index contributed by atoms with van der Waals surface area (Å²) in [7, 11) is 0. The summed E-state index contributed by atoms with van der Waals surface area (Å²) < 4.78 is 5.82. The quantitative estimate of drug-likeness (QED) is 0.562. The molecule has 0 saturated carbocycles. The number of nitrogens with one attached hydrogen (secondary N) is 1. The van der Waals surface area contributed by atoms with Crippen LogP contribution in [0.3, 0.4) is 0 Å². The van der Waals surface area contributed by atoms with E-state index in [0.29, 0.717) is 35.7 Å². The van der Waals surface area contributed by atoms with Crippen molar-refractivity contribution in [1.29, 1.82) is 5.26 Å². The van der Waals surface area contributed by atoms with Gasteiger partial charge in [0.25, 0.3) is 5.91 Å². The predicted octanol–water partition coefficient (Wildman–Crippen LogP) is 4.76. The van der Waals surface area contributed by atoms with E-state index < -0.39 is 0 Å². The van der Waals surface area contributed by atoms with Crippen LogP contribution in [0.4, 0.5) is 5.69 Å². The van der Waals surface area contributed by atoms with Crippen LogP contribution in [0.1, 0.15) is 40.9 Å². The van der Waals surface area contributed by atoms with Crippen LogP contribution in [0.15, 0.2) is 72.8 Å². The topological polar surface area (TPSA) is 82.4 Å². The Labute approximate surface area is 188 Å². The van der Waals surface area contributed by atoms with Crippen molar-refractivity contribution in [3.63, 3.8) is 0 Å². The highest BCUT2D eigenvalue weighted by atomic mass is 16.5. The zero-order valence-corrected chi connectivity index (χ0v) is 18.2. The molecule has 3 rings (SSSR count). The van der Waals surface area contributed by atoms with Crippen molar-refractivity contribution in [3.05, 3.63) is 95.1 Å². The first-order valence-electron chi connectivity index (χ1n) is 10.4.